The van der Waals surface area contributed by atoms with Crippen LogP contribution in [0.1, 0.15) is 10.4 Å². The number of amides is 1. The van der Waals surface area contributed by atoms with Gasteiger partial charge < -0.3 is 5.32 Å². The molecule has 0 atom stereocenters. The Morgan fingerprint density at radius 1 is 0.840 bits per heavy atom. The molecule has 0 radical (unpaired) electrons. The van der Waals surface area contributed by atoms with Crippen LogP contribution in [0.3, 0.4) is 0 Å². The number of hydrogen-bond acceptors (Lipinski definition) is 2. The van der Waals surface area contributed by atoms with Crippen LogP contribution in [0.5, 0.6) is 0 Å². The summed E-state index contributed by atoms with van der Waals surface area (Å²) in [5.41, 5.74) is 1.51. The predicted octanol–water partition coefficient (Wildman–Crippen LogP) is 5.97. The van der Waals surface area contributed by atoms with Gasteiger partial charge in [0, 0.05) is 15.8 Å². The van der Waals surface area contributed by atoms with Gasteiger partial charge in [0.15, 0.2) is 0 Å². The van der Waals surface area contributed by atoms with E-state index in [0.717, 1.165) is 21.4 Å². The van der Waals surface area contributed by atoms with Crippen molar-refractivity contribution in [2.45, 2.75) is 4.90 Å². The van der Waals surface area contributed by atoms with E-state index >= 15 is 0 Å². The molecule has 0 aromatic heterocycles. The molecule has 0 aliphatic heterocycles. The highest BCUT2D eigenvalue weighted by molar-refractivity contribution is 7.98. The smallest absolute Gasteiger partial charge is 0.255 e. The van der Waals surface area contributed by atoms with Crippen molar-refractivity contribution in [1.82, 2.24) is 0 Å². The molecule has 25 heavy (non-hydrogen) atoms. The molecule has 1 N–H and O–H groups in total. The van der Waals surface area contributed by atoms with E-state index in [2.05, 4.69) is 48.0 Å². The zero-order valence-electron chi connectivity index (χ0n) is 13.8. The van der Waals surface area contributed by atoms with E-state index in [-0.39, 0.29) is 5.91 Å². The first-order chi connectivity index (χ1) is 12.3. The first-order valence-electron chi connectivity index (χ1n) is 8.13. The Labute approximate surface area is 150 Å². The van der Waals surface area contributed by atoms with Gasteiger partial charge in [0.05, 0.1) is 5.69 Å². The second kappa shape index (κ2) is 6.61. The molecular formula is C22H17NOS. The van der Waals surface area contributed by atoms with Crippen molar-refractivity contribution in [2.24, 2.45) is 0 Å². The van der Waals surface area contributed by atoms with Crippen molar-refractivity contribution in [3.8, 4) is 0 Å². The van der Waals surface area contributed by atoms with E-state index in [9.17, 15) is 4.79 Å². The van der Waals surface area contributed by atoms with Crippen LogP contribution in [-0.4, -0.2) is 12.2 Å². The summed E-state index contributed by atoms with van der Waals surface area (Å²) >= 11 is 1.70. The molecule has 0 saturated heterocycles. The summed E-state index contributed by atoms with van der Waals surface area (Å²) in [5.74, 6) is -0.0895. The average Bonchev–Trinajstić information content (AvgIpc) is 2.68. The largest absolute Gasteiger partial charge is 0.321 e. The topological polar surface area (TPSA) is 29.1 Å². The molecule has 0 spiro atoms. The first-order valence-corrected chi connectivity index (χ1v) is 9.35. The second-order valence-corrected chi connectivity index (χ2v) is 6.70. The first kappa shape index (κ1) is 15.7. The molecule has 4 aromatic rings. The van der Waals surface area contributed by atoms with Crippen LogP contribution in [0.4, 0.5) is 5.69 Å². The third-order valence-corrected chi connectivity index (χ3v) is 5.11. The van der Waals surface area contributed by atoms with Crippen molar-refractivity contribution in [1.29, 1.82) is 0 Å². The molecule has 1 amide bonds. The van der Waals surface area contributed by atoms with Crippen molar-refractivity contribution >= 4 is 44.9 Å². The van der Waals surface area contributed by atoms with Crippen LogP contribution >= 0.6 is 11.8 Å². The molecule has 0 aliphatic carbocycles. The summed E-state index contributed by atoms with van der Waals surface area (Å²) in [4.78, 5) is 13.8. The van der Waals surface area contributed by atoms with Gasteiger partial charge in [-0.05, 0) is 46.7 Å². The Hall–Kier alpha value is -2.78. The van der Waals surface area contributed by atoms with E-state index in [4.69, 9.17) is 0 Å². The number of nitrogens with one attached hydrogen (secondary N) is 1. The maximum atomic E-state index is 12.6. The number of benzene rings is 4. The van der Waals surface area contributed by atoms with E-state index in [1.54, 1.807) is 11.8 Å². The molecule has 4 rings (SSSR count). The summed E-state index contributed by atoms with van der Waals surface area (Å²) in [5, 5.41) is 7.76. The van der Waals surface area contributed by atoms with Gasteiger partial charge in [-0.3, -0.25) is 4.79 Å². The Morgan fingerprint density at radius 3 is 2.36 bits per heavy atom. The lowest BCUT2D eigenvalue weighted by Gasteiger charge is -2.14. The quantitative estimate of drug-likeness (QED) is 0.367. The van der Waals surface area contributed by atoms with Gasteiger partial charge in [0.25, 0.3) is 5.91 Å². The molecule has 0 aliphatic rings. The van der Waals surface area contributed by atoms with Gasteiger partial charge in [-0.2, -0.15) is 0 Å². The van der Waals surface area contributed by atoms with Crippen LogP contribution in [0.25, 0.3) is 21.5 Å². The maximum absolute atomic E-state index is 12.6. The van der Waals surface area contributed by atoms with E-state index in [1.807, 2.05) is 42.5 Å². The molecular weight excluding hydrogens is 326 g/mol. The highest BCUT2D eigenvalue weighted by Crippen LogP contribution is 2.37. The van der Waals surface area contributed by atoms with Crippen LogP contribution in [0.2, 0.25) is 0 Å². The van der Waals surface area contributed by atoms with Crippen LogP contribution in [0, 0.1) is 0 Å². The van der Waals surface area contributed by atoms with Crippen molar-refractivity contribution in [3.05, 3.63) is 84.4 Å². The number of fused-ring (bicyclic) bond motifs is 3. The van der Waals surface area contributed by atoms with Gasteiger partial charge in [-0.25, -0.2) is 0 Å². The summed E-state index contributed by atoms with van der Waals surface area (Å²) in [6, 6.07) is 26.0. The molecule has 3 heteroatoms. The summed E-state index contributed by atoms with van der Waals surface area (Å²) in [6.07, 6.45) is 2.07. The third-order valence-electron chi connectivity index (χ3n) is 4.35. The molecule has 0 saturated carbocycles. The summed E-state index contributed by atoms with van der Waals surface area (Å²) in [6.45, 7) is 0. The van der Waals surface area contributed by atoms with Gasteiger partial charge in [0.1, 0.15) is 0 Å². The third kappa shape index (κ3) is 2.87. The van der Waals surface area contributed by atoms with E-state index in [0.29, 0.717) is 5.56 Å². The Morgan fingerprint density at radius 2 is 1.56 bits per heavy atom. The molecule has 0 fully saturated rings. The minimum atomic E-state index is -0.0895. The number of anilines is 1. The highest BCUT2D eigenvalue weighted by atomic mass is 32.2. The number of carbonyl (C=O) groups is 1. The summed E-state index contributed by atoms with van der Waals surface area (Å²) in [7, 11) is 0. The normalized spacial score (nSPS) is 10.9. The van der Waals surface area contributed by atoms with E-state index in [1.165, 1.54) is 10.8 Å². The van der Waals surface area contributed by atoms with Crippen molar-refractivity contribution < 1.29 is 4.79 Å². The fourth-order valence-corrected chi connectivity index (χ4v) is 3.84. The lowest BCUT2D eigenvalue weighted by Crippen LogP contribution is -2.12. The van der Waals surface area contributed by atoms with Gasteiger partial charge in [0.2, 0.25) is 0 Å². The number of thioether (sulfide) groups is 1. The number of hydrogen-bond donors (Lipinski definition) is 1. The molecule has 2 nitrogen and oxygen atoms in total. The van der Waals surface area contributed by atoms with Crippen molar-refractivity contribution in [2.75, 3.05) is 11.6 Å². The molecule has 4 aromatic carbocycles. The van der Waals surface area contributed by atoms with Gasteiger partial charge >= 0.3 is 0 Å². The fraction of sp³-hybridized carbons (Fsp3) is 0.0455. The molecule has 0 heterocycles. The van der Waals surface area contributed by atoms with Crippen LogP contribution in [0.15, 0.2) is 83.8 Å². The minimum absolute atomic E-state index is 0.0895. The Bertz CT molecular complexity index is 1070. The molecule has 0 bridgehead atoms. The number of rotatable bonds is 3. The van der Waals surface area contributed by atoms with Crippen LogP contribution in [-0.2, 0) is 0 Å². The standard InChI is InChI=1S/C22H17NOS/c1-25-20-14-16-10-5-6-11-17(16)18-12-7-13-19(21(18)20)23-22(24)15-8-3-2-4-9-15/h2-14H,1H3,(H,23,24). The summed E-state index contributed by atoms with van der Waals surface area (Å²) < 4.78 is 0. The minimum Gasteiger partial charge on any atom is -0.321 e. The highest BCUT2D eigenvalue weighted by Gasteiger charge is 2.13. The number of carbonyl (C=O) groups excluding carboxylic acids is 1. The molecule has 0 unspecified atom stereocenters. The lowest BCUT2D eigenvalue weighted by atomic mass is 10.0. The second-order valence-electron chi connectivity index (χ2n) is 5.85. The van der Waals surface area contributed by atoms with E-state index < -0.39 is 0 Å². The monoisotopic (exact) mass is 343 g/mol. The predicted molar refractivity (Wildman–Crippen MR) is 108 cm³/mol. The van der Waals surface area contributed by atoms with Gasteiger partial charge in [-0.15, -0.1) is 11.8 Å². The fourth-order valence-electron chi connectivity index (χ4n) is 3.17. The zero-order chi connectivity index (χ0) is 17.2. The van der Waals surface area contributed by atoms with Gasteiger partial charge in [-0.1, -0.05) is 54.6 Å². The average molecular weight is 343 g/mol. The Balaban J connectivity index is 1.90. The molecule has 122 valence electrons. The maximum Gasteiger partial charge on any atom is 0.255 e. The van der Waals surface area contributed by atoms with Crippen molar-refractivity contribution in [3.63, 3.8) is 0 Å². The van der Waals surface area contributed by atoms with Crippen LogP contribution < -0.4 is 5.32 Å². The lowest BCUT2D eigenvalue weighted by molar-refractivity contribution is 0.102. The zero-order valence-corrected chi connectivity index (χ0v) is 14.6. The Kier molecular flexibility index (Phi) is 4.16. The SMILES string of the molecule is CSc1cc2ccccc2c2cccc(NC(=O)c3ccccc3)c12.